The third-order valence-corrected chi connectivity index (χ3v) is 7.59. The molecule has 0 unspecified atom stereocenters. The van der Waals surface area contributed by atoms with Crippen LogP contribution in [0.15, 0.2) is 60.7 Å². The maximum absolute atomic E-state index is 13.5. The first-order valence-corrected chi connectivity index (χ1v) is 13.1. The normalized spacial score (nSPS) is 16.4. The standard InChI is InChI=1S/C30H31Cl2NO4/c1-19(2)21-9-7-20(8-10-21)16-30(3)17-24-15-22(11-12-26(24)37-30)29(36)33(14-13-27(34)35)18-23-5-4-6-25(31)28(23)32/h4-12,15,19H,13-14,16-18H2,1-3H3,(H,34,35)/t30-/m1/s1. The molecule has 3 aromatic rings. The lowest BCUT2D eigenvalue weighted by Gasteiger charge is -2.24. The van der Waals surface area contributed by atoms with Crippen molar-refractivity contribution in [2.75, 3.05) is 6.54 Å². The molecule has 0 bridgehead atoms. The molecule has 0 aromatic heterocycles. The molecule has 1 amide bonds. The van der Waals surface area contributed by atoms with Crippen molar-refractivity contribution in [2.24, 2.45) is 0 Å². The first kappa shape index (κ1) is 27.0. The highest BCUT2D eigenvalue weighted by Crippen LogP contribution is 2.38. The third kappa shape index (κ3) is 6.46. The molecule has 37 heavy (non-hydrogen) atoms. The molecular weight excluding hydrogens is 509 g/mol. The van der Waals surface area contributed by atoms with Gasteiger partial charge in [0, 0.05) is 31.5 Å². The van der Waals surface area contributed by atoms with Crippen molar-refractivity contribution in [1.29, 1.82) is 0 Å². The van der Waals surface area contributed by atoms with E-state index in [1.165, 1.54) is 16.0 Å². The van der Waals surface area contributed by atoms with Crippen molar-refractivity contribution < 1.29 is 19.4 Å². The second kappa shape index (κ2) is 11.2. The van der Waals surface area contributed by atoms with Crippen molar-refractivity contribution in [3.8, 4) is 5.75 Å². The predicted octanol–water partition coefficient (Wildman–Crippen LogP) is 7.17. The zero-order valence-corrected chi connectivity index (χ0v) is 22.8. The van der Waals surface area contributed by atoms with Gasteiger partial charge in [0.25, 0.3) is 5.91 Å². The van der Waals surface area contributed by atoms with Gasteiger partial charge in [0.05, 0.1) is 16.5 Å². The summed E-state index contributed by atoms with van der Waals surface area (Å²) >= 11 is 12.5. The van der Waals surface area contributed by atoms with Crippen molar-refractivity contribution in [3.05, 3.63) is 98.5 Å². The van der Waals surface area contributed by atoms with Crippen LogP contribution in [0, 0.1) is 0 Å². The van der Waals surface area contributed by atoms with Crippen LogP contribution >= 0.6 is 23.2 Å². The summed E-state index contributed by atoms with van der Waals surface area (Å²) in [6.07, 6.45) is 1.25. The Morgan fingerprint density at radius 2 is 1.81 bits per heavy atom. The summed E-state index contributed by atoms with van der Waals surface area (Å²) < 4.78 is 6.34. The lowest BCUT2D eigenvalue weighted by atomic mass is 9.90. The summed E-state index contributed by atoms with van der Waals surface area (Å²) in [4.78, 5) is 26.3. The minimum atomic E-state index is -0.977. The maximum Gasteiger partial charge on any atom is 0.305 e. The van der Waals surface area contributed by atoms with Crippen molar-refractivity contribution in [3.63, 3.8) is 0 Å². The highest BCUT2D eigenvalue weighted by atomic mass is 35.5. The number of fused-ring (bicyclic) bond motifs is 1. The number of ether oxygens (including phenoxy) is 1. The number of carboxylic acid groups (broad SMARTS) is 1. The Morgan fingerprint density at radius 1 is 1.08 bits per heavy atom. The van der Waals surface area contributed by atoms with Gasteiger partial charge in [-0.3, -0.25) is 9.59 Å². The van der Waals surface area contributed by atoms with Gasteiger partial charge in [-0.1, -0.05) is 73.4 Å². The minimum Gasteiger partial charge on any atom is -0.487 e. The topological polar surface area (TPSA) is 66.8 Å². The summed E-state index contributed by atoms with van der Waals surface area (Å²) in [5.74, 6) is 0.0119. The molecule has 0 spiro atoms. The molecule has 1 aliphatic rings. The fourth-order valence-electron chi connectivity index (χ4n) is 4.75. The summed E-state index contributed by atoms with van der Waals surface area (Å²) in [7, 11) is 0. The van der Waals surface area contributed by atoms with E-state index in [0.717, 1.165) is 17.7 Å². The molecule has 1 atom stereocenters. The zero-order valence-electron chi connectivity index (χ0n) is 21.3. The average Bonchev–Trinajstić information content (AvgIpc) is 3.18. The molecule has 0 saturated carbocycles. The third-order valence-electron chi connectivity index (χ3n) is 6.73. The van der Waals surface area contributed by atoms with E-state index in [1.807, 2.05) is 12.1 Å². The second-order valence-corrected chi connectivity index (χ2v) is 11.0. The first-order valence-electron chi connectivity index (χ1n) is 12.4. The zero-order chi connectivity index (χ0) is 26.7. The first-order chi connectivity index (χ1) is 17.5. The molecule has 5 nitrogen and oxygen atoms in total. The van der Waals surface area contributed by atoms with E-state index < -0.39 is 11.6 Å². The summed E-state index contributed by atoms with van der Waals surface area (Å²) in [5.41, 5.74) is 4.20. The van der Waals surface area contributed by atoms with Crippen LogP contribution in [0.25, 0.3) is 0 Å². The van der Waals surface area contributed by atoms with Crippen LogP contribution in [0.5, 0.6) is 5.75 Å². The summed E-state index contributed by atoms with van der Waals surface area (Å²) in [5, 5.41) is 9.97. The number of amides is 1. The van der Waals surface area contributed by atoms with Gasteiger partial charge in [0.2, 0.25) is 0 Å². The maximum atomic E-state index is 13.5. The van der Waals surface area contributed by atoms with Crippen molar-refractivity contribution >= 4 is 35.1 Å². The van der Waals surface area contributed by atoms with Crippen LogP contribution in [0.1, 0.15) is 65.7 Å². The largest absolute Gasteiger partial charge is 0.487 e. The quantitative estimate of drug-likeness (QED) is 0.313. The summed E-state index contributed by atoms with van der Waals surface area (Å²) in [6, 6.07) is 19.3. The number of carbonyl (C=O) groups excluding carboxylic acids is 1. The Hall–Kier alpha value is -3.02. The van der Waals surface area contributed by atoms with Crippen LogP contribution < -0.4 is 4.74 Å². The SMILES string of the molecule is CC(C)c1ccc(C[C@]2(C)Cc3cc(C(=O)N(CCC(=O)O)Cc4cccc(Cl)c4Cl)ccc3O2)cc1. The molecule has 4 rings (SSSR count). The molecule has 0 radical (unpaired) electrons. The minimum absolute atomic E-state index is 0.0503. The van der Waals surface area contributed by atoms with Crippen LogP contribution in [0.2, 0.25) is 10.0 Å². The van der Waals surface area contributed by atoms with Gasteiger partial charge in [-0.25, -0.2) is 0 Å². The number of hydrogen-bond donors (Lipinski definition) is 1. The number of aliphatic carboxylic acids is 1. The molecule has 1 aliphatic heterocycles. The highest BCUT2D eigenvalue weighted by molar-refractivity contribution is 6.42. The van der Waals surface area contributed by atoms with Gasteiger partial charge in [-0.05, 0) is 59.4 Å². The van der Waals surface area contributed by atoms with Gasteiger partial charge in [0.1, 0.15) is 11.4 Å². The van der Waals surface area contributed by atoms with E-state index in [4.69, 9.17) is 27.9 Å². The monoisotopic (exact) mass is 539 g/mol. The Bertz CT molecular complexity index is 1310. The lowest BCUT2D eigenvalue weighted by molar-refractivity contribution is -0.137. The van der Waals surface area contributed by atoms with Gasteiger partial charge < -0.3 is 14.7 Å². The average molecular weight is 540 g/mol. The smallest absolute Gasteiger partial charge is 0.305 e. The van der Waals surface area contributed by atoms with E-state index in [1.54, 1.807) is 24.3 Å². The number of hydrogen-bond acceptors (Lipinski definition) is 3. The summed E-state index contributed by atoms with van der Waals surface area (Å²) in [6.45, 7) is 6.65. The predicted molar refractivity (Wildman–Crippen MR) is 147 cm³/mol. The molecule has 0 saturated heterocycles. The highest BCUT2D eigenvalue weighted by Gasteiger charge is 2.35. The van der Waals surface area contributed by atoms with Crippen molar-refractivity contribution in [1.82, 2.24) is 4.90 Å². The number of carboxylic acids is 1. The molecule has 194 valence electrons. The molecule has 0 fully saturated rings. The number of rotatable bonds is 9. The number of nitrogens with zero attached hydrogens (tertiary/aromatic N) is 1. The Labute approximate surface area is 228 Å². The fourth-order valence-corrected chi connectivity index (χ4v) is 5.13. The van der Waals surface area contributed by atoms with Crippen LogP contribution in [-0.2, 0) is 24.2 Å². The molecule has 1 N–H and O–H groups in total. The van der Waals surface area contributed by atoms with Crippen LogP contribution in [0.4, 0.5) is 0 Å². The Morgan fingerprint density at radius 3 is 2.49 bits per heavy atom. The Balaban J connectivity index is 1.52. The second-order valence-electron chi connectivity index (χ2n) is 10.2. The van der Waals surface area contributed by atoms with Gasteiger partial charge in [0.15, 0.2) is 0 Å². The van der Waals surface area contributed by atoms with E-state index in [0.29, 0.717) is 33.5 Å². The molecule has 1 heterocycles. The van der Waals surface area contributed by atoms with E-state index in [2.05, 4.69) is 45.0 Å². The molecular formula is C30H31Cl2NO4. The van der Waals surface area contributed by atoms with Gasteiger partial charge >= 0.3 is 5.97 Å². The number of carbonyl (C=O) groups is 2. The van der Waals surface area contributed by atoms with E-state index >= 15 is 0 Å². The fraction of sp³-hybridized carbons (Fsp3) is 0.333. The molecule has 7 heteroatoms. The van der Waals surface area contributed by atoms with Crippen LogP contribution in [-0.4, -0.2) is 34.0 Å². The Kier molecular flexibility index (Phi) is 8.15. The van der Waals surface area contributed by atoms with Gasteiger partial charge in [-0.2, -0.15) is 0 Å². The van der Waals surface area contributed by atoms with Gasteiger partial charge in [-0.15, -0.1) is 0 Å². The van der Waals surface area contributed by atoms with E-state index in [9.17, 15) is 14.7 Å². The molecule has 0 aliphatic carbocycles. The van der Waals surface area contributed by atoms with Crippen LogP contribution in [0.3, 0.4) is 0 Å². The number of benzene rings is 3. The lowest BCUT2D eigenvalue weighted by Crippen LogP contribution is -2.33. The van der Waals surface area contributed by atoms with E-state index in [-0.39, 0.29) is 25.4 Å². The number of halogens is 2. The molecule has 3 aromatic carbocycles. The van der Waals surface area contributed by atoms with Crippen molar-refractivity contribution in [2.45, 2.75) is 58.1 Å².